The van der Waals surface area contributed by atoms with Gasteiger partial charge in [0, 0.05) is 24.7 Å². The van der Waals surface area contributed by atoms with Gasteiger partial charge in [-0.2, -0.15) is 0 Å². The molecule has 1 heterocycles. The van der Waals surface area contributed by atoms with Crippen molar-refractivity contribution in [2.24, 2.45) is 17.1 Å². The SMILES string of the molecule is CC1COCCN1C1CC(C(C)(C)C)CCC1N. The third-order valence-corrected chi connectivity index (χ3v) is 4.94. The van der Waals surface area contributed by atoms with Crippen LogP contribution in [0.5, 0.6) is 0 Å². The van der Waals surface area contributed by atoms with Crippen LogP contribution < -0.4 is 5.73 Å². The van der Waals surface area contributed by atoms with Crippen LogP contribution in [0.1, 0.15) is 47.0 Å². The molecule has 1 aliphatic heterocycles. The van der Waals surface area contributed by atoms with Gasteiger partial charge >= 0.3 is 0 Å². The second kappa shape index (κ2) is 5.48. The highest BCUT2D eigenvalue weighted by molar-refractivity contribution is 4.94. The Kier molecular flexibility index (Phi) is 4.35. The molecule has 0 bridgehead atoms. The number of rotatable bonds is 1. The molecule has 0 aromatic carbocycles. The van der Waals surface area contributed by atoms with E-state index in [4.69, 9.17) is 10.5 Å². The van der Waals surface area contributed by atoms with E-state index in [1.807, 2.05) is 0 Å². The summed E-state index contributed by atoms with van der Waals surface area (Å²) in [6.07, 6.45) is 3.73. The van der Waals surface area contributed by atoms with Crippen LogP contribution in [0.15, 0.2) is 0 Å². The van der Waals surface area contributed by atoms with Gasteiger partial charge in [0.05, 0.1) is 13.2 Å². The maximum Gasteiger partial charge on any atom is 0.0619 e. The predicted octanol–water partition coefficient (Wildman–Crippen LogP) is 2.25. The van der Waals surface area contributed by atoms with E-state index in [1.165, 1.54) is 19.3 Å². The molecule has 1 saturated carbocycles. The Hall–Kier alpha value is -0.120. The van der Waals surface area contributed by atoms with Crippen molar-refractivity contribution < 1.29 is 4.74 Å². The molecule has 18 heavy (non-hydrogen) atoms. The molecule has 4 atom stereocenters. The van der Waals surface area contributed by atoms with Gasteiger partial charge in [0.2, 0.25) is 0 Å². The lowest BCUT2D eigenvalue weighted by Gasteiger charge is -2.48. The van der Waals surface area contributed by atoms with Crippen molar-refractivity contribution in [3.05, 3.63) is 0 Å². The summed E-state index contributed by atoms with van der Waals surface area (Å²) < 4.78 is 5.55. The van der Waals surface area contributed by atoms with E-state index in [2.05, 4.69) is 32.6 Å². The fourth-order valence-electron chi connectivity index (χ4n) is 3.57. The largest absolute Gasteiger partial charge is 0.379 e. The first kappa shape index (κ1) is 14.3. The quantitative estimate of drug-likeness (QED) is 0.780. The zero-order valence-corrected chi connectivity index (χ0v) is 12.5. The topological polar surface area (TPSA) is 38.5 Å². The lowest BCUT2D eigenvalue weighted by atomic mass is 9.69. The lowest BCUT2D eigenvalue weighted by Crippen LogP contribution is -2.58. The first-order valence-corrected chi connectivity index (χ1v) is 7.48. The molecule has 2 fully saturated rings. The molecule has 0 amide bonds. The molecule has 0 radical (unpaired) electrons. The van der Waals surface area contributed by atoms with Crippen LogP contribution in [0.25, 0.3) is 0 Å². The van der Waals surface area contributed by atoms with Crippen LogP contribution in [-0.4, -0.2) is 42.8 Å². The zero-order valence-electron chi connectivity index (χ0n) is 12.5. The third-order valence-electron chi connectivity index (χ3n) is 4.94. The minimum Gasteiger partial charge on any atom is -0.379 e. The van der Waals surface area contributed by atoms with Gasteiger partial charge < -0.3 is 10.5 Å². The highest BCUT2D eigenvalue weighted by Crippen LogP contribution is 2.39. The summed E-state index contributed by atoms with van der Waals surface area (Å²) in [5.74, 6) is 0.803. The molecule has 0 aromatic rings. The van der Waals surface area contributed by atoms with Gasteiger partial charge in [-0.1, -0.05) is 20.8 Å². The molecule has 2 rings (SSSR count). The van der Waals surface area contributed by atoms with Gasteiger partial charge in [0.25, 0.3) is 0 Å². The van der Waals surface area contributed by atoms with Crippen molar-refractivity contribution in [2.75, 3.05) is 19.8 Å². The monoisotopic (exact) mass is 254 g/mol. The van der Waals surface area contributed by atoms with E-state index in [9.17, 15) is 0 Å². The highest BCUT2D eigenvalue weighted by atomic mass is 16.5. The van der Waals surface area contributed by atoms with Gasteiger partial charge in [-0.05, 0) is 37.5 Å². The molecule has 0 spiro atoms. The van der Waals surface area contributed by atoms with Crippen molar-refractivity contribution in [1.29, 1.82) is 0 Å². The number of hydrogen-bond donors (Lipinski definition) is 1. The van der Waals surface area contributed by atoms with Gasteiger partial charge in [0.15, 0.2) is 0 Å². The van der Waals surface area contributed by atoms with E-state index in [0.717, 1.165) is 25.7 Å². The Bertz CT molecular complexity index is 274. The number of hydrogen-bond acceptors (Lipinski definition) is 3. The molecule has 3 heteroatoms. The van der Waals surface area contributed by atoms with Crippen molar-refractivity contribution in [2.45, 2.75) is 65.1 Å². The third kappa shape index (κ3) is 3.06. The Morgan fingerprint density at radius 3 is 2.56 bits per heavy atom. The fraction of sp³-hybridized carbons (Fsp3) is 1.00. The Morgan fingerprint density at radius 2 is 1.94 bits per heavy atom. The lowest BCUT2D eigenvalue weighted by molar-refractivity contribution is -0.0451. The smallest absolute Gasteiger partial charge is 0.0619 e. The molecule has 2 aliphatic rings. The maximum atomic E-state index is 6.40. The number of morpholine rings is 1. The maximum absolute atomic E-state index is 6.40. The van der Waals surface area contributed by atoms with Crippen molar-refractivity contribution >= 4 is 0 Å². The van der Waals surface area contributed by atoms with Crippen LogP contribution >= 0.6 is 0 Å². The number of nitrogens with zero attached hydrogens (tertiary/aromatic N) is 1. The van der Waals surface area contributed by atoms with Crippen LogP contribution in [0.4, 0.5) is 0 Å². The highest BCUT2D eigenvalue weighted by Gasteiger charge is 2.39. The van der Waals surface area contributed by atoms with Crippen LogP contribution in [0, 0.1) is 11.3 Å². The van der Waals surface area contributed by atoms with E-state index >= 15 is 0 Å². The second-order valence-electron chi connectivity index (χ2n) is 7.27. The summed E-state index contributed by atoms with van der Waals surface area (Å²) in [6.45, 7) is 12.2. The van der Waals surface area contributed by atoms with Gasteiger partial charge in [-0.3, -0.25) is 4.90 Å². The van der Waals surface area contributed by atoms with E-state index in [0.29, 0.717) is 23.5 Å². The average molecular weight is 254 g/mol. The van der Waals surface area contributed by atoms with Crippen molar-refractivity contribution in [1.82, 2.24) is 4.90 Å². The van der Waals surface area contributed by atoms with Crippen molar-refractivity contribution in [3.8, 4) is 0 Å². The van der Waals surface area contributed by atoms with Gasteiger partial charge in [0.1, 0.15) is 0 Å². The Balaban J connectivity index is 2.05. The van der Waals surface area contributed by atoms with Crippen LogP contribution in [0.2, 0.25) is 0 Å². The molecule has 4 unspecified atom stereocenters. The average Bonchev–Trinajstić information content (AvgIpc) is 2.29. The van der Waals surface area contributed by atoms with Crippen LogP contribution in [0.3, 0.4) is 0 Å². The van der Waals surface area contributed by atoms with Crippen LogP contribution in [-0.2, 0) is 4.74 Å². The van der Waals surface area contributed by atoms with Gasteiger partial charge in [-0.15, -0.1) is 0 Å². The number of ether oxygens (including phenoxy) is 1. The zero-order chi connectivity index (χ0) is 13.3. The minimum atomic E-state index is 0.351. The normalized spacial score (nSPS) is 39.8. The standard InChI is InChI=1S/C15H30N2O/c1-11-10-18-8-7-17(11)14-9-12(15(2,3)4)5-6-13(14)16/h11-14H,5-10,16H2,1-4H3. The number of nitrogens with two attached hydrogens (primary N) is 1. The summed E-state index contributed by atoms with van der Waals surface area (Å²) in [5, 5.41) is 0. The predicted molar refractivity (Wildman–Crippen MR) is 75.5 cm³/mol. The summed E-state index contributed by atoms with van der Waals surface area (Å²) in [6, 6.07) is 1.43. The molecular weight excluding hydrogens is 224 g/mol. The molecule has 0 aromatic heterocycles. The summed E-state index contributed by atoms with van der Waals surface area (Å²) in [7, 11) is 0. The fourth-order valence-corrected chi connectivity index (χ4v) is 3.57. The second-order valence-corrected chi connectivity index (χ2v) is 7.27. The van der Waals surface area contributed by atoms with E-state index in [-0.39, 0.29) is 0 Å². The molecule has 3 nitrogen and oxygen atoms in total. The molecule has 1 aliphatic carbocycles. The summed E-state index contributed by atoms with van der Waals surface area (Å²) in [4.78, 5) is 2.60. The van der Waals surface area contributed by atoms with Crippen molar-refractivity contribution in [3.63, 3.8) is 0 Å². The Morgan fingerprint density at radius 1 is 1.22 bits per heavy atom. The summed E-state index contributed by atoms with van der Waals surface area (Å²) >= 11 is 0. The first-order chi connectivity index (χ1) is 8.39. The van der Waals surface area contributed by atoms with E-state index < -0.39 is 0 Å². The first-order valence-electron chi connectivity index (χ1n) is 7.48. The molecule has 1 saturated heterocycles. The molecular formula is C15H30N2O. The molecule has 106 valence electrons. The summed E-state index contributed by atoms with van der Waals surface area (Å²) in [5.41, 5.74) is 6.81. The Labute approximate surface area is 112 Å². The minimum absolute atomic E-state index is 0.351. The molecule has 2 N–H and O–H groups in total. The van der Waals surface area contributed by atoms with E-state index in [1.54, 1.807) is 0 Å². The van der Waals surface area contributed by atoms with Gasteiger partial charge in [-0.25, -0.2) is 0 Å².